The molecule has 4 nitrogen and oxygen atoms in total. The van der Waals surface area contributed by atoms with E-state index in [2.05, 4.69) is 15.5 Å². The zero-order valence-electron chi connectivity index (χ0n) is 9.32. The first kappa shape index (κ1) is 10.6. The molecule has 0 aromatic carbocycles. The maximum Gasteiger partial charge on any atom is 0.243 e. The van der Waals surface area contributed by atoms with E-state index < -0.39 is 0 Å². The largest absolute Gasteiger partial charge is 0.338 e. The fourth-order valence-electron chi connectivity index (χ4n) is 2.36. The third kappa shape index (κ3) is 2.11. The molecule has 16 heavy (non-hydrogen) atoms. The highest BCUT2D eigenvalue weighted by Crippen LogP contribution is 2.38. The maximum atomic E-state index is 5.38. The summed E-state index contributed by atoms with van der Waals surface area (Å²) in [6.07, 6.45) is 6.12. The molecule has 2 aliphatic rings. The summed E-state index contributed by atoms with van der Waals surface area (Å²) in [6, 6.07) is 0.293. The molecule has 2 atom stereocenters. The quantitative estimate of drug-likeness (QED) is 0.859. The summed E-state index contributed by atoms with van der Waals surface area (Å²) >= 11 is 1.95. The third-order valence-corrected chi connectivity index (χ3v) is 4.66. The van der Waals surface area contributed by atoms with Crippen LogP contribution in [0.3, 0.4) is 0 Å². The Labute approximate surface area is 99.6 Å². The first-order valence-corrected chi connectivity index (χ1v) is 7.17. The van der Waals surface area contributed by atoms with Crippen LogP contribution in [-0.4, -0.2) is 22.4 Å². The van der Waals surface area contributed by atoms with E-state index in [0.29, 0.717) is 11.3 Å². The highest BCUT2D eigenvalue weighted by molar-refractivity contribution is 7.99. The molecule has 88 valence electrons. The van der Waals surface area contributed by atoms with Gasteiger partial charge < -0.3 is 9.84 Å². The van der Waals surface area contributed by atoms with Crippen molar-refractivity contribution in [2.75, 3.05) is 12.3 Å². The van der Waals surface area contributed by atoms with Crippen LogP contribution >= 0.6 is 11.8 Å². The van der Waals surface area contributed by atoms with Crippen molar-refractivity contribution >= 4 is 11.8 Å². The first-order valence-electron chi connectivity index (χ1n) is 6.12. The molecule has 0 saturated carbocycles. The van der Waals surface area contributed by atoms with Gasteiger partial charge in [-0.05, 0) is 38.0 Å². The van der Waals surface area contributed by atoms with E-state index in [1.807, 2.05) is 11.8 Å². The minimum absolute atomic E-state index is 0.293. The van der Waals surface area contributed by atoms with Gasteiger partial charge in [0.25, 0.3) is 0 Å². The van der Waals surface area contributed by atoms with E-state index in [0.717, 1.165) is 24.7 Å². The first-order chi connectivity index (χ1) is 7.93. The summed E-state index contributed by atoms with van der Waals surface area (Å²) in [4.78, 5) is 4.55. The van der Waals surface area contributed by atoms with E-state index >= 15 is 0 Å². The van der Waals surface area contributed by atoms with Crippen LogP contribution in [0.1, 0.15) is 55.1 Å². The van der Waals surface area contributed by atoms with Crippen molar-refractivity contribution in [1.82, 2.24) is 15.5 Å². The van der Waals surface area contributed by atoms with E-state index in [-0.39, 0.29) is 0 Å². The molecule has 3 rings (SSSR count). The van der Waals surface area contributed by atoms with Gasteiger partial charge in [-0.1, -0.05) is 11.6 Å². The molecule has 3 heterocycles. The topological polar surface area (TPSA) is 51.0 Å². The smallest absolute Gasteiger partial charge is 0.243 e. The molecule has 2 saturated heterocycles. The van der Waals surface area contributed by atoms with E-state index in [9.17, 15) is 0 Å². The predicted molar refractivity (Wildman–Crippen MR) is 63.3 cm³/mol. The van der Waals surface area contributed by atoms with Crippen molar-refractivity contribution in [2.24, 2.45) is 0 Å². The number of hydrogen-bond donors (Lipinski definition) is 1. The zero-order chi connectivity index (χ0) is 10.8. The number of thioether (sulfide) groups is 1. The van der Waals surface area contributed by atoms with Crippen molar-refractivity contribution in [2.45, 2.75) is 43.4 Å². The molecule has 2 fully saturated rings. The number of nitrogens with one attached hydrogen (secondary N) is 1. The third-order valence-electron chi connectivity index (χ3n) is 3.28. The Morgan fingerprint density at radius 1 is 1.25 bits per heavy atom. The van der Waals surface area contributed by atoms with Gasteiger partial charge in [-0.15, -0.1) is 0 Å². The summed E-state index contributed by atoms with van der Waals surface area (Å²) in [7, 11) is 0. The van der Waals surface area contributed by atoms with Gasteiger partial charge >= 0.3 is 0 Å². The van der Waals surface area contributed by atoms with Crippen LogP contribution in [0.25, 0.3) is 0 Å². The Kier molecular flexibility index (Phi) is 3.15. The van der Waals surface area contributed by atoms with E-state index in [4.69, 9.17) is 4.52 Å². The number of nitrogens with zero attached hydrogens (tertiary/aromatic N) is 2. The van der Waals surface area contributed by atoms with Gasteiger partial charge in [0, 0.05) is 0 Å². The lowest BCUT2D eigenvalue weighted by Gasteiger charge is -2.19. The number of piperidine rings is 1. The van der Waals surface area contributed by atoms with Gasteiger partial charge in [0.05, 0.1) is 11.3 Å². The van der Waals surface area contributed by atoms with Gasteiger partial charge in [0.2, 0.25) is 5.89 Å². The molecule has 0 amide bonds. The van der Waals surface area contributed by atoms with Crippen LogP contribution in [0.5, 0.6) is 0 Å². The second kappa shape index (κ2) is 4.75. The summed E-state index contributed by atoms with van der Waals surface area (Å²) in [5, 5.41) is 8.04. The standard InChI is InChI=1S/C11H17N3OS/c1-2-6-12-8(4-1)11-13-10(14-15-11)9-5-3-7-16-9/h8-9,12H,1-7H2/t8-,9?/m1/s1. The molecule has 0 radical (unpaired) electrons. The van der Waals surface area contributed by atoms with Gasteiger partial charge in [-0.3, -0.25) is 0 Å². The van der Waals surface area contributed by atoms with Gasteiger partial charge in [-0.2, -0.15) is 16.7 Å². The molecule has 5 heteroatoms. The van der Waals surface area contributed by atoms with Crippen LogP contribution in [0.2, 0.25) is 0 Å². The Morgan fingerprint density at radius 2 is 2.25 bits per heavy atom. The van der Waals surface area contributed by atoms with Crippen molar-refractivity contribution < 1.29 is 4.52 Å². The summed E-state index contributed by atoms with van der Waals surface area (Å²) in [6.45, 7) is 1.07. The average molecular weight is 239 g/mol. The van der Waals surface area contributed by atoms with Crippen LogP contribution < -0.4 is 5.32 Å². The monoisotopic (exact) mass is 239 g/mol. The second-order valence-corrected chi connectivity index (χ2v) is 5.81. The highest BCUT2D eigenvalue weighted by atomic mass is 32.2. The minimum atomic E-state index is 0.293. The van der Waals surface area contributed by atoms with Gasteiger partial charge in [-0.25, -0.2) is 0 Å². The summed E-state index contributed by atoms with van der Waals surface area (Å²) < 4.78 is 5.38. The molecule has 0 bridgehead atoms. The molecule has 0 spiro atoms. The predicted octanol–water partition coefficient (Wildman–Crippen LogP) is 2.45. The number of rotatable bonds is 2. The Bertz CT molecular complexity index is 343. The van der Waals surface area contributed by atoms with Gasteiger partial charge in [0.1, 0.15) is 0 Å². The van der Waals surface area contributed by atoms with Gasteiger partial charge in [0.15, 0.2) is 5.82 Å². The number of aromatic nitrogens is 2. The van der Waals surface area contributed by atoms with Crippen molar-refractivity contribution in [1.29, 1.82) is 0 Å². The Balaban J connectivity index is 1.71. The second-order valence-electron chi connectivity index (χ2n) is 4.49. The fourth-order valence-corrected chi connectivity index (χ4v) is 3.56. The molecule has 2 aliphatic heterocycles. The molecule has 1 unspecified atom stereocenters. The van der Waals surface area contributed by atoms with Crippen LogP contribution in [0, 0.1) is 0 Å². The fraction of sp³-hybridized carbons (Fsp3) is 0.818. The van der Waals surface area contributed by atoms with E-state index in [1.54, 1.807) is 0 Å². The molecule has 1 aromatic rings. The lowest BCUT2D eigenvalue weighted by molar-refractivity contribution is 0.296. The molecule has 0 aliphatic carbocycles. The highest BCUT2D eigenvalue weighted by Gasteiger charge is 2.26. The normalized spacial score (nSPS) is 30.8. The van der Waals surface area contributed by atoms with Crippen molar-refractivity contribution in [3.63, 3.8) is 0 Å². The van der Waals surface area contributed by atoms with Crippen molar-refractivity contribution in [3.8, 4) is 0 Å². The van der Waals surface area contributed by atoms with E-state index in [1.165, 1.54) is 31.4 Å². The van der Waals surface area contributed by atoms with Crippen molar-refractivity contribution in [3.05, 3.63) is 11.7 Å². The Morgan fingerprint density at radius 3 is 3.00 bits per heavy atom. The maximum absolute atomic E-state index is 5.38. The average Bonchev–Trinajstić information content (AvgIpc) is 3.01. The SMILES string of the molecule is C1CC[C@H](c2nc(C3CCCS3)no2)NC1. The zero-order valence-corrected chi connectivity index (χ0v) is 10.1. The lowest BCUT2D eigenvalue weighted by atomic mass is 10.1. The summed E-state index contributed by atoms with van der Waals surface area (Å²) in [5.74, 6) is 2.93. The molecular formula is C11H17N3OS. The molecule has 1 aromatic heterocycles. The number of hydrogen-bond acceptors (Lipinski definition) is 5. The van der Waals surface area contributed by atoms with Crippen LogP contribution in [-0.2, 0) is 0 Å². The summed E-state index contributed by atoms with van der Waals surface area (Å²) in [5.41, 5.74) is 0. The van der Waals surface area contributed by atoms with Crippen LogP contribution in [0.15, 0.2) is 4.52 Å². The molecular weight excluding hydrogens is 222 g/mol. The Hall–Kier alpha value is -0.550. The van der Waals surface area contributed by atoms with Crippen LogP contribution in [0.4, 0.5) is 0 Å². The minimum Gasteiger partial charge on any atom is -0.338 e. The molecule has 1 N–H and O–H groups in total. The lowest BCUT2D eigenvalue weighted by Crippen LogP contribution is -2.27.